The highest BCUT2D eigenvalue weighted by Gasteiger charge is 2.10. The molecule has 0 aliphatic heterocycles. The van der Waals surface area contributed by atoms with Crippen LogP contribution in [0.4, 0.5) is 0 Å². The first-order chi connectivity index (χ1) is 7.99. The molecule has 1 N–H and O–H groups in total. The van der Waals surface area contributed by atoms with Gasteiger partial charge in [0.1, 0.15) is 0 Å². The van der Waals surface area contributed by atoms with Crippen molar-refractivity contribution >= 4 is 5.97 Å². The number of carboxylic acid groups (broad SMARTS) is 1. The van der Waals surface area contributed by atoms with Crippen LogP contribution in [0.1, 0.15) is 27.3 Å². The average Bonchev–Trinajstić information content (AvgIpc) is 2.58. The highest BCUT2D eigenvalue weighted by Crippen LogP contribution is 2.16. The Hall–Kier alpha value is -2.10. The Bertz CT molecular complexity index is 585. The highest BCUT2D eigenvalue weighted by molar-refractivity contribution is 5.90. The molecule has 1 aromatic heterocycles. The second-order valence-corrected chi connectivity index (χ2v) is 4.14. The predicted octanol–water partition coefficient (Wildman–Crippen LogP) is 2.50. The lowest BCUT2D eigenvalue weighted by Crippen LogP contribution is -2.04. The first-order valence-electron chi connectivity index (χ1n) is 5.36. The van der Waals surface area contributed by atoms with E-state index in [-0.39, 0.29) is 0 Å². The summed E-state index contributed by atoms with van der Waals surface area (Å²) in [5.74, 6) is -0.911. The number of aromatic nitrogens is 2. The zero-order valence-electron chi connectivity index (χ0n) is 10.1. The third-order valence-corrected chi connectivity index (χ3v) is 2.71. The van der Waals surface area contributed by atoms with Crippen molar-refractivity contribution in [1.29, 1.82) is 0 Å². The smallest absolute Gasteiger partial charge is 0.336 e. The van der Waals surface area contributed by atoms with Crippen LogP contribution in [0, 0.1) is 20.8 Å². The number of carboxylic acids is 1. The van der Waals surface area contributed by atoms with Crippen LogP contribution in [0.15, 0.2) is 24.3 Å². The Balaban J connectivity index is 2.57. The number of aromatic carboxylic acids is 1. The fourth-order valence-corrected chi connectivity index (χ4v) is 1.86. The quantitative estimate of drug-likeness (QED) is 0.862. The molecule has 2 aromatic rings. The van der Waals surface area contributed by atoms with Gasteiger partial charge in [0, 0.05) is 5.69 Å². The summed E-state index contributed by atoms with van der Waals surface area (Å²) < 4.78 is 1.75. The molecule has 0 saturated heterocycles. The van der Waals surface area contributed by atoms with Crippen molar-refractivity contribution in [3.8, 4) is 5.69 Å². The van der Waals surface area contributed by atoms with Gasteiger partial charge in [-0.05, 0) is 44.5 Å². The number of benzene rings is 1. The van der Waals surface area contributed by atoms with E-state index < -0.39 is 5.97 Å². The van der Waals surface area contributed by atoms with Gasteiger partial charge >= 0.3 is 5.97 Å². The molecule has 1 heterocycles. The Morgan fingerprint density at radius 3 is 2.47 bits per heavy atom. The molecule has 0 spiro atoms. The minimum Gasteiger partial charge on any atom is -0.478 e. The first-order valence-corrected chi connectivity index (χ1v) is 5.36. The zero-order valence-corrected chi connectivity index (χ0v) is 10.1. The second-order valence-electron chi connectivity index (χ2n) is 4.14. The van der Waals surface area contributed by atoms with E-state index in [2.05, 4.69) is 5.10 Å². The van der Waals surface area contributed by atoms with E-state index in [4.69, 9.17) is 5.11 Å². The van der Waals surface area contributed by atoms with Gasteiger partial charge in [0.05, 0.1) is 16.9 Å². The van der Waals surface area contributed by atoms with Gasteiger partial charge in [-0.15, -0.1) is 0 Å². The van der Waals surface area contributed by atoms with Crippen molar-refractivity contribution in [2.24, 2.45) is 0 Å². The van der Waals surface area contributed by atoms with Crippen LogP contribution in [-0.4, -0.2) is 20.9 Å². The van der Waals surface area contributed by atoms with Gasteiger partial charge in [-0.3, -0.25) is 0 Å². The third-order valence-electron chi connectivity index (χ3n) is 2.71. The molecule has 0 atom stereocenters. The molecular weight excluding hydrogens is 216 g/mol. The first kappa shape index (κ1) is 11.4. The molecule has 0 radical (unpaired) electrons. The summed E-state index contributed by atoms with van der Waals surface area (Å²) >= 11 is 0. The fraction of sp³-hybridized carbons (Fsp3) is 0.231. The van der Waals surface area contributed by atoms with E-state index in [0.29, 0.717) is 5.56 Å². The van der Waals surface area contributed by atoms with Gasteiger partial charge in [-0.25, -0.2) is 9.48 Å². The van der Waals surface area contributed by atoms with Crippen LogP contribution >= 0.6 is 0 Å². The lowest BCUT2D eigenvalue weighted by atomic mass is 10.1. The lowest BCUT2D eigenvalue weighted by Gasteiger charge is -2.07. The van der Waals surface area contributed by atoms with Crippen molar-refractivity contribution in [2.45, 2.75) is 20.8 Å². The average molecular weight is 230 g/mol. The Morgan fingerprint density at radius 2 is 1.94 bits per heavy atom. The molecular formula is C13H14N2O2. The van der Waals surface area contributed by atoms with Gasteiger partial charge in [0.15, 0.2) is 0 Å². The van der Waals surface area contributed by atoms with Crippen molar-refractivity contribution in [3.63, 3.8) is 0 Å². The minimum absolute atomic E-state index is 0.315. The lowest BCUT2D eigenvalue weighted by molar-refractivity contribution is 0.0696. The van der Waals surface area contributed by atoms with Gasteiger partial charge in [0.25, 0.3) is 0 Å². The third kappa shape index (κ3) is 2.06. The van der Waals surface area contributed by atoms with Gasteiger partial charge < -0.3 is 5.11 Å². The largest absolute Gasteiger partial charge is 0.478 e. The van der Waals surface area contributed by atoms with Crippen LogP contribution in [0.2, 0.25) is 0 Å². The van der Waals surface area contributed by atoms with Crippen molar-refractivity contribution in [3.05, 3.63) is 46.8 Å². The number of rotatable bonds is 2. The summed E-state index contributed by atoms with van der Waals surface area (Å²) in [6.45, 7) is 5.64. The Kier molecular flexibility index (Phi) is 2.71. The van der Waals surface area contributed by atoms with Gasteiger partial charge in [-0.1, -0.05) is 6.07 Å². The van der Waals surface area contributed by atoms with Gasteiger partial charge in [-0.2, -0.15) is 5.10 Å². The molecule has 0 aliphatic carbocycles. The molecule has 17 heavy (non-hydrogen) atoms. The van der Waals surface area contributed by atoms with E-state index in [0.717, 1.165) is 22.6 Å². The van der Waals surface area contributed by atoms with Crippen molar-refractivity contribution < 1.29 is 9.90 Å². The number of hydrogen-bond donors (Lipinski definition) is 1. The van der Waals surface area contributed by atoms with Crippen LogP contribution < -0.4 is 0 Å². The van der Waals surface area contributed by atoms with E-state index in [9.17, 15) is 4.79 Å². The summed E-state index contributed by atoms with van der Waals surface area (Å²) in [6.07, 6.45) is 0. The molecule has 0 saturated carbocycles. The molecule has 4 heteroatoms. The van der Waals surface area contributed by atoms with E-state index in [1.807, 2.05) is 26.0 Å². The maximum Gasteiger partial charge on any atom is 0.336 e. The normalized spacial score (nSPS) is 10.5. The summed E-state index contributed by atoms with van der Waals surface area (Å²) in [5.41, 5.74) is 3.75. The molecule has 0 aliphatic rings. The number of carbonyl (C=O) groups is 1. The molecule has 0 amide bonds. The molecule has 2 rings (SSSR count). The minimum atomic E-state index is -0.911. The van der Waals surface area contributed by atoms with E-state index in [1.54, 1.807) is 23.7 Å². The van der Waals surface area contributed by atoms with Crippen LogP contribution in [0.3, 0.4) is 0 Å². The summed E-state index contributed by atoms with van der Waals surface area (Å²) in [4.78, 5) is 11.1. The summed E-state index contributed by atoms with van der Waals surface area (Å²) in [6, 6.07) is 7.29. The topological polar surface area (TPSA) is 55.1 Å². The molecule has 88 valence electrons. The monoisotopic (exact) mass is 230 g/mol. The van der Waals surface area contributed by atoms with Crippen LogP contribution in [0.5, 0.6) is 0 Å². The highest BCUT2D eigenvalue weighted by atomic mass is 16.4. The van der Waals surface area contributed by atoms with E-state index >= 15 is 0 Å². The molecule has 0 unspecified atom stereocenters. The zero-order chi connectivity index (χ0) is 12.6. The Labute approximate surface area is 99.5 Å². The number of hydrogen-bond acceptors (Lipinski definition) is 2. The predicted molar refractivity (Wildman–Crippen MR) is 64.7 cm³/mol. The molecule has 1 aromatic carbocycles. The van der Waals surface area contributed by atoms with Crippen LogP contribution in [-0.2, 0) is 0 Å². The Morgan fingerprint density at radius 1 is 1.24 bits per heavy atom. The molecule has 0 fully saturated rings. The van der Waals surface area contributed by atoms with Crippen molar-refractivity contribution in [2.75, 3.05) is 0 Å². The van der Waals surface area contributed by atoms with Gasteiger partial charge in [0.2, 0.25) is 0 Å². The van der Waals surface area contributed by atoms with Crippen LogP contribution in [0.25, 0.3) is 5.69 Å². The standard InChI is InChI=1S/C13H14N2O2/c1-8-4-5-11(7-12(8)13(16)17)15-10(3)6-9(2)14-15/h4-7H,1-3H3,(H,16,17). The SMILES string of the molecule is Cc1cc(C)n(-c2ccc(C)c(C(=O)O)c2)n1. The fourth-order valence-electron chi connectivity index (χ4n) is 1.86. The molecule has 0 bridgehead atoms. The summed E-state index contributed by atoms with van der Waals surface area (Å²) in [7, 11) is 0. The second kappa shape index (κ2) is 4.05. The summed E-state index contributed by atoms with van der Waals surface area (Å²) in [5, 5.41) is 13.4. The van der Waals surface area contributed by atoms with Crippen molar-refractivity contribution in [1.82, 2.24) is 9.78 Å². The maximum atomic E-state index is 11.1. The molecule has 4 nitrogen and oxygen atoms in total. The van der Waals surface area contributed by atoms with E-state index in [1.165, 1.54) is 0 Å². The number of nitrogens with zero attached hydrogens (tertiary/aromatic N) is 2. The number of aryl methyl sites for hydroxylation is 3. The maximum absolute atomic E-state index is 11.1.